The van der Waals surface area contributed by atoms with Crippen LogP contribution in [0.5, 0.6) is 0 Å². The Hall–Kier alpha value is -2.25. The van der Waals surface area contributed by atoms with Gasteiger partial charge in [0.2, 0.25) is 5.95 Å². The van der Waals surface area contributed by atoms with Crippen LogP contribution in [-0.2, 0) is 6.42 Å². The number of anilines is 2. The van der Waals surface area contributed by atoms with Crippen LogP contribution in [0.2, 0.25) is 0 Å². The summed E-state index contributed by atoms with van der Waals surface area (Å²) in [6.45, 7) is 6.84. The van der Waals surface area contributed by atoms with Crippen molar-refractivity contribution in [3.8, 4) is 0 Å². The van der Waals surface area contributed by atoms with Gasteiger partial charge in [-0.3, -0.25) is 4.98 Å². The number of nitrogens with zero attached hydrogens (tertiary/aromatic N) is 5. The van der Waals surface area contributed by atoms with Crippen LogP contribution in [0.25, 0.3) is 10.9 Å². The third-order valence-corrected chi connectivity index (χ3v) is 5.67. The number of hydrogen-bond donors (Lipinski definition) is 1. The summed E-state index contributed by atoms with van der Waals surface area (Å²) in [4.78, 5) is 20.1. The molecule has 0 atom stereocenters. The van der Waals surface area contributed by atoms with E-state index in [9.17, 15) is 0 Å². The SMILES string of the molecule is Cc1cc2c(NCCc3cccs3)nc(N3CCN(C)CC3)nc2cn1. The molecule has 3 aromatic rings. The molecule has 6 nitrogen and oxygen atoms in total. The molecule has 0 bridgehead atoms. The van der Waals surface area contributed by atoms with E-state index < -0.39 is 0 Å². The van der Waals surface area contributed by atoms with Crippen molar-refractivity contribution in [2.75, 3.05) is 50.0 Å². The van der Waals surface area contributed by atoms with E-state index in [2.05, 4.69) is 50.7 Å². The molecule has 0 aliphatic carbocycles. The summed E-state index contributed by atoms with van der Waals surface area (Å²) in [7, 11) is 2.16. The fourth-order valence-corrected chi connectivity index (χ4v) is 3.87. The zero-order valence-electron chi connectivity index (χ0n) is 15.3. The first-order valence-electron chi connectivity index (χ1n) is 9.03. The average Bonchev–Trinajstić information content (AvgIpc) is 3.16. The number of rotatable bonds is 5. The normalized spacial score (nSPS) is 15.5. The Morgan fingerprint density at radius 3 is 2.81 bits per heavy atom. The Kier molecular flexibility index (Phi) is 4.99. The molecular formula is C19H24N6S. The van der Waals surface area contributed by atoms with Gasteiger partial charge < -0.3 is 15.1 Å². The van der Waals surface area contributed by atoms with Crippen LogP contribution in [0.3, 0.4) is 0 Å². The number of fused-ring (bicyclic) bond motifs is 1. The van der Waals surface area contributed by atoms with Crippen LogP contribution in [0.4, 0.5) is 11.8 Å². The van der Waals surface area contributed by atoms with Crippen LogP contribution < -0.4 is 10.2 Å². The predicted octanol–water partition coefficient (Wildman–Crippen LogP) is 2.80. The largest absolute Gasteiger partial charge is 0.369 e. The van der Waals surface area contributed by atoms with E-state index in [-0.39, 0.29) is 0 Å². The van der Waals surface area contributed by atoms with E-state index in [4.69, 9.17) is 9.97 Å². The molecule has 1 fully saturated rings. The van der Waals surface area contributed by atoms with Crippen molar-refractivity contribution >= 4 is 34.0 Å². The molecule has 26 heavy (non-hydrogen) atoms. The lowest BCUT2D eigenvalue weighted by molar-refractivity contribution is 0.311. The first-order valence-corrected chi connectivity index (χ1v) is 9.91. The maximum absolute atomic E-state index is 4.87. The van der Waals surface area contributed by atoms with Gasteiger partial charge in [0.15, 0.2) is 0 Å². The highest BCUT2D eigenvalue weighted by molar-refractivity contribution is 7.09. The molecule has 1 N–H and O–H groups in total. The monoisotopic (exact) mass is 368 g/mol. The molecule has 0 amide bonds. The molecule has 0 radical (unpaired) electrons. The summed E-state index contributed by atoms with van der Waals surface area (Å²) in [5.74, 6) is 1.71. The van der Waals surface area contributed by atoms with E-state index in [1.54, 1.807) is 11.3 Å². The van der Waals surface area contributed by atoms with E-state index in [1.807, 2.05) is 13.1 Å². The zero-order chi connectivity index (χ0) is 17.9. The number of aromatic nitrogens is 3. The molecule has 0 spiro atoms. The van der Waals surface area contributed by atoms with Gasteiger partial charge >= 0.3 is 0 Å². The number of piperazine rings is 1. The minimum atomic E-state index is 0.801. The summed E-state index contributed by atoms with van der Waals surface area (Å²) in [6, 6.07) is 6.34. The second-order valence-electron chi connectivity index (χ2n) is 6.76. The molecule has 3 aromatic heterocycles. The quantitative estimate of drug-likeness (QED) is 0.747. The standard InChI is InChI=1S/C19H24N6S/c1-14-12-16-17(13-21-14)22-19(25-9-7-24(2)8-10-25)23-18(16)20-6-5-15-4-3-11-26-15/h3-4,11-13H,5-10H2,1-2H3,(H,20,22,23). The third-order valence-electron chi connectivity index (χ3n) is 4.74. The molecule has 0 unspecified atom stereocenters. The van der Waals surface area contributed by atoms with Crippen molar-refractivity contribution in [3.63, 3.8) is 0 Å². The van der Waals surface area contributed by atoms with Crippen LogP contribution >= 0.6 is 11.3 Å². The highest BCUT2D eigenvalue weighted by atomic mass is 32.1. The Balaban J connectivity index is 1.61. The number of nitrogens with one attached hydrogen (secondary N) is 1. The van der Waals surface area contributed by atoms with Crippen molar-refractivity contribution in [3.05, 3.63) is 40.3 Å². The van der Waals surface area contributed by atoms with Gasteiger partial charge in [-0.15, -0.1) is 11.3 Å². The minimum absolute atomic E-state index is 0.801. The minimum Gasteiger partial charge on any atom is -0.369 e. The van der Waals surface area contributed by atoms with Gasteiger partial charge in [0.05, 0.1) is 11.7 Å². The summed E-state index contributed by atoms with van der Waals surface area (Å²) < 4.78 is 0. The lowest BCUT2D eigenvalue weighted by Crippen LogP contribution is -2.45. The second kappa shape index (κ2) is 7.55. The number of likely N-dealkylation sites (N-methyl/N-ethyl adjacent to an activating group) is 1. The fraction of sp³-hybridized carbons (Fsp3) is 0.421. The van der Waals surface area contributed by atoms with Gasteiger partial charge in [0, 0.05) is 48.7 Å². The van der Waals surface area contributed by atoms with E-state index in [1.165, 1.54) is 4.88 Å². The van der Waals surface area contributed by atoms with Crippen molar-refractivity contribution in [1.82, 2.24) is 19.9 Å². The smallest absolute Gasteiger partial charge is 0.228 e. The van der Waals surface area contributed by atoms with Crippen molar-refractivity contribution in [2.24, 2.45) is 0 Å². The van der Waals surface area contributed by atoms with Crippen molar-refractivity contribution < 1.29 is 0 Å². The van der Waals surface area contributed by atoms with Gasteiger partial charge in [0.25, 0.3) is 0 Å². The first-order chi connectivity index (χ1) is 12.7. The fourth-order valence-electron chi connectivity index (χ4n) is 3.17. The maximum atomic E-state index is 4.87. The van der Waals surface area contributed by atoms with Crippen LogP contribution in [-0.4, -0.2) is 59.6 Å². The second-order valence-corrected chi connectivity index (χ2v) is 7.79. The molecular weight excluding hydrogens is 344 g/mol. The molecule has 136 valence electrons. The molecule has 1 aliphatic heterocycles. The Morgan fingerprint density at radius 1 is 1.19 bits per heavy atom. The summed E-state index contributed by atoms with van der Waals surface area (Å²) in [5.41, 5.74) is 1.88. The summed E-state index contributed by atoms with van der Waals surface area (Å²) >= 11 is 1.79. The van der Waals surface area contributed by atoms with E-state index >= 15 is 0 Å². The first kappa shape index (κ1) is 17.2. The maximum Gasteiger partial charge on any atom is 0.228 e. The highest BCUT2D eigenvalue weighted by Gasteiger charge is 2.18. The Labute approximate surface area is 157 Å². The molecule has 7 heteroatoms. The summed E-state index contributed by atoms with van der Waals surface area (Å²) in [5, 5.41) is 6.70. The number of hydrogen-bond acceptors (Lipinski definition) is 7. The van der Waals surface area contributed by atoms with Crippen LogP contribution in [0, 0.1) is 6.92 Å². The van der Waals surface area contributed by atoms with E-state index in [0.717, 1.165) is 67.5 Å². The Bertz CT molecular complexity index is 871. The van der Waals surface area contributed by atoms with Crippen molar-refractivity contribution in [2.45, 2.75) is 13.3 Å². The zero-order valence-corrected chi connectivity index (χ0v) is 16.1. The molecule has 0 aromatic carbocycles. The summed E-state index contributed by atoms with van der Waals surface area (Å²) in [6.07, 6.45) is 2.85. The van der Waals surface area contributed by atoms with Gasteiger partial charge in [-0.1, -0.05) is 6.07 Å². The van der Waals surface area contributed by atoms with E-state index in [0.29, 0.717) is 0 Å². The number of pyridine rings is 1. The molecule has 4 rings (SSSR count). The van der Waals surface area contributed by atoms with Gasteiger partial charge in [-0.2, -0.15) is 4.98 Å². The number of aryl methyl sites for hydroxylation is 1. The highest BCUT2D eigenvalue weighted by Crippen LogP contribution is 2.24. The molecule has 4 heterocycles. The van der Waals surface area contributed by atoms with Crippen molar-refractivity contribution in [1.29, 1.82) is 0 Å². The number of thiophene rings is 1. The van der Waals surface area contributed by atoms with Gasteiger partial charge in [-0.25, -0.2) is 4.98 Å². The molecule has 1 aliphatic rings. The van der Waals surface area contributed by atoms with Crippen LogP contribution in [0.1, 0.15) is 10.6 Å². The topological polar surface area (TPSA) is 57.2 Å². The molecule has 1 saturated heterocycles. The predicted molar refractivity (Wildman–Crippen MR) is 108 cm³/mol. The average molecular weight is 369 g/mol. The van der Waals surface area contributed by atoms with Gasteiger partial charge in [-0.05, 0) is 37.9 Å². The lowest BCUT2D eigenvalue weighted by atomic mass is 10.2. The van der Waals surface area contributed by atoms with Gasteiger partial charge in [0.1, 0.15) is 5.82 Å². The lowest BCUT2D eigenvalue weighted by Gasteiger charge is -2.32. The van der Waals surface area contributed by atoms with Crippen LogP contribution in [0.15, 0.2) is 29.8 Å². The molecule has 0 saturated carbocycles. The Morgan fingerprint density at radius 2 is 2.04 bits per heavy atom. The third kappa shape index (κ3) is 3.78.